The van der Waals surface area contributed by atoms with Crippen molar-refractivity contribution in [3.05, 3.63) is 47.1 Å². The zero-order valence-corrected chi connectivity index (χ0v) is 19.0. The Bertz CT molecular complexity index is 1280. The number of fused-ring (bicyclic) bond motifs is 1. The second-order valence-corrected chi connectivity index (χ2v) is 8.09. The summed E-state index contributed by atoms with van der Waals surface area (Å²) >= 11 is 6.46. The number of allylic oxidation sites excluding steroid dienone is 4. The Balaban J connectivity index is 1.39. The van der Waals surface area contributed by atoms with Crippen LogP contribution in [0.1, 0.15) is 25.6 Å². The largest absolute Gasteiger partial charge is 0.488 e. The topological polar surface area (TPSA) is 110 Å². The number of aryl methyl sites for hydroxylation is 1. The summed E-state index contributed by atoms with van der Waals surface area (Å²) in [5.74, 6) is 0.655. The van der Waals surface area contributed by atoms with E-state index in [0.717, 1.165) is 23.4 Å². The Labute approximate surface area is 197 Å². The first-order valence-electron chi connectivity index (χ1n) is 10.3. The number of nitrogens with zero attached hydrogens (tertiary/aromatic N) is 4. The minimum Gasteiger partial charge on any atom is -0.488 e. The van der Waals surface area contributed by atoms with Gasteiger partial charge in [0.1, 0.15) is 6.04 Å². The number of ether oxygens (including phenoxy) is 1. The van der Waals surface area contributed by atoms with Crippen LogP contribution < -0.4 is 10.6 Å². The van der Waals surface area contributed by atoms with Gasteiger partial charge in [-0.15, -0.1) is 5.10 Å². The molecule has 1 aromatic carbocycles. The number of carbonyl (C=O) groups is 1. The van der Waals surface area contributed by atoms with Gasteiger partial charge >= 0.3 is 6.18 Å². The van der Waals surface area contributed by atoms with Gasteiger partial charge in [-0.25, -0.2) is 4.68 Å². The second kappa shape index (κ2) is 9.37. The smallest absolute Gasteiger partial charge is 0.408 e. The summed E-state index contributed by atoms with van der Waals surface area (Å²) in [4.78, 5) is 16.2. The highest BCUT2D eigenvalue weighted by molar-refractivity contribution is 6.38. The van der Waals surface area contributed by atoms with Crippen LogP contribution >= 0.6 is 11.6 Å². The molecule has 0 bridgehead atoms. The number of nitrogens with one attached hydrogen (secondary N) is 3. The van der Waals surface area contributed by atoms with Crippen LogP contribution in [0, 0.1) is 0 Å². The first kappa shape index (κ1) is 23.6. The minimum absolute atomic E-state index is 0.456. The Morgan fingerprint density at radius 3 is 2.82 bits per heavy atom. The lowest BCUT2D eigenvalue weighted by molar-refractivity contribution is -0.159. The highest BCUT2D eigenvalue weighted by atomic mass is 35.5. The van der Waals surface area contributed by atoms with E-state index >= 15 is 0 Å². The fraction of sp³-hybridized carbons (Fsp3) is 0.333. The van der Waals surface area contributed by atoms with Crippen molar-refractivity contribution >= 4 is 45.6 Å². The normalized spacial score (nSPS) is 15.0. The predicted octanol–water partition coefficient (Wildman–Crippen LogP) is 4.23. The molecule has 0 saturated heterocycles. The van der Waals surface area contributed by atoms with Crippen molar-refractivity contribution in [1.82, 2.24) is 30.3 Å². The number of benzene rings is 1. The fourth-order valence-corrected chi connectivity index (χ4v) is 3.54. The molecule has 3 aromatic rings. The van der Waals surface area contributed by atoms with E-state index in [0.29, 0.717) is 41.1 Å². The van der Waals surface area contributed by atoms with Crippen LogP contribution in [-0.4, -0.2) is 49.7 Å². The summed E-state index contributed by atoms with van der Waals surface area (Å²) in [6.07, 6.45) is 1.56. The summed E-state index contributed by atoms with van der Waals surface area (Å²) in [6, 6.07) is 1.73. The van der Waals surface area contributed by atoms with E-state index in [1.165, 1.54) is 0 Å². The van der Waals surface area contributed by atoms with Crippen LogP contribution in [0.15, 0.2) is 36.2 Å². The number of alkyl halides is 3. The van der Waals surface area contributed by atoms with E-state index in [1.807, 2.05) is 17.4 Å². The van der Waals surface area contributed by atoms with Gasteiger partial charge in [-0.2, -0.15) is 23.3 Å². The lowest BCUT2D eigenvalue weighted by Gasteiger charge is -2.18. The molecule has 0 aliphatic heterocycles. The molecule has 1 aliphatic rings. The van der Waals surface area contributed by atoms with Gasteiger partial charge in [-0.05, 0) is 37.1 Å². The van der Waals surface area contributed by atoms with Crippen LogP contribution in [0.2, 0.25) is 5.02 Å². The fourth-order valence-electron chi connectivity index (χ4n) is 3.28. The van der Waals surface area contributed by atoms with Crippen molar-refractivity contribution in [1.29, 1.82) is 0 Å². The summed E-state index contributed by atoms with van der Waals surface area (Å²) < 4.78 is 44.5. The number of amides is 1. The van der Waals surface area contributed by atoms with Gasteiger partial charge < -0.3 is 15.4 Å². The van der Waals surface area contributed by atoms with Crippen molar-refractivity contribution in [3.8, 4) is 0 Å². The van der Waals surface area contributed by atoms with E-state index in [4.69, 9.17) is 16.3 Å². The van der Waals surface area contributed by atoms with E-state index in [1.54, 1.807) is 30.1 Å². The minimum atomic E-state index is -4.50. The van der Waals surface area contributed by atoms with Crippen molar-refractivity contribution in [3.63, 3.8) is 0 Å². The summed E-state index contributed by atoms with van der Waals surface area (Å²) in [6.45, 7) is 0.382. The monoisotopic (exact) mass is 495 g/mol. The van der Waals surface area contributed by atoms with Gasteiger partial charge in [-0.3, -0.25) is 9.89 Å². The third-order valence-electron chi connectivity index (χ3n) is 5.22. The number of hydrogen-bond acceptors (Lipinski definition) is 6. The summed E-state index contributed by atoms with van der Waals surface area (Å²) in [5.41, 5.74) is 2.32. The molecule has 180 valence electrons. The number of halogens is 4. The molecule has 1 aliphatic carbocycles. The maximum atomic E-state index is 12.5. The van der Waals surface area contributed by atoms with Gasteiger partial charge in [0.25, 0.3) is 5.91 Å². The van der Waals surface area contributed by atoms with Crippen LogP contribution in [0.4, 0.5) is 24.8 Å². The molecular formula is C21H21ClF3N7O2. The highest BCUT2D eigenvalue weighted by Gasteiger charge is 2.37. The van der Waals surface area contributed by atoms with E-state index in [2.05, 4.69) is 25.6 Å². The molecule has 0 saturated carbocycles. The molecule has 0 radical (unpaired) electrons. The Hall–Kier alpha value is -3.54. The van der Waals surface area contributed by atoms with E-state index in [-0.39, 0.29) is 0 Å². The quantitative estimate of drug-likeness (QED) is 0.452. The number of anilines is 2. The van der Waals surface area contributed by atoms with Crippen molar-refractivity contribution in [2.75, 3.05) is 11.9 Å². The molecule has 0 fully saturated rings. The van der Waals surface area contributed by atoms with Gasteiger partial charge in [0.2, 0.25) is 5.95 Å². The third-order valence-corrected chi connectivity index (χ3v) is 5.63. The molecular weight excluding hydrogens is 475 g/mol. The molecule has 34 heavy (non-hydrogen) atoms. The number of hydrogen-bond donors (Lipinski definition) is 3. The van der Waals surface area contributed by atoms with Crippen LogP contribution in [0.3, 0.4) is 0 Å². The molecule has 9 nitrogen and oxygen atoms in total. The Kier molecular flexibility index (Phi) is 6.51. The third kappa shape index (κ3) is 5.16. The van der Waals surface area contributed by atoms with Gasteiger partial charge in [0, 0.05) is 18.9 Å². The average molecular weight is 496 g/mol. The highest BCUT2D eigenvalue weighted by Crippen LogP contribution is 2.32. The summed E-state index contributed by atoms with van der Waals surface area (Å²) in [5, 5.41) is 17.6. The number of carbonyl (C=O) groups excluding carboxylic acids is 1. The van der Waals surface area contributed by atoms with Crippen molar-refractivity contribution < 1.29 is 22.7 Å². The number of aromatic nitrogens is 5. The standard InChI is InChI=1S/C21H21ClF3N7O2/c1-11(21(23,24)25)27-17(33)10-34-13-5-3-12(4-6-13)19-29-20(32(2)31-19)28-16-8-7-15-14(18(16)22)9-26-30-15/h3,5,7-9,11H,4,6,10H2,1-2H3,(H,26,30)(H,27,33)(H,28,29,31). The maximum absolute atomic E-state index is 12.5. The van der Waals surface area contributed by atoms with E-state index in [9.17, 15) is 18.0 Å². The zero-order valence-electron chi connectivity index (χ0n) is 18.2. The Morgan fingerprint density at radius 2 is 2.12 bits per heavy atom. The molecule has 2 heterocycles. The molecule has 0 spiro atoms. The molecule has 4 rings (SSSR count). The van der Waals surface area contributed by atoms with Crippen molar-refractivity contribution in [2.24, 2.45) is 7.05 Å². The van der Waals surface area contributed by atoms with Crippen molar-refractivity contribution in [2.45, 2.75) is 32.0 Å². The molecule has 1 amide bonds. The number of H-pyrrole nitrogens is 1. The molecule has 1 unspecified atom stereocenters. The van der Waals surface area contributed by atoms with Crippen LogP contribution in [-0.2, 0) is 16.6 Å². The predicted molar refractivity (Wildman–Crippen MR) is 120 cm³/mol. The molecule has 1 atom stereocenters. The van der Waals surface area contributed by atoms with E-state index < -0.39 is 24.7 Å². The Morgan fingerprint density at radius 1 is 1.32 bits per heavy atom. The first-order chi connectivity index (χ1) is 16.1. The zero-order chi connectivity index (χ0) is 24.5. The molecule has 2 aromatic heterocycles. The molecule has 13 heteroatoms. The van der Waals surface area contributed by atoms with Crippen LogP contribution in [0.25, 0.3) is 16.5 Å². The average Bonchev–Trinajstić information content (AvgIpc) is 3.41. The second-order valence-electron chi connectivity index (χ2n) is 7.71. The maximum Gasteiger partial charge on any atom is 0.408 e. The number of aromatic amines is 1. The summed E-state index contributed by atoms with van der Waals surface area (Å²) in [7, 11) is 1.75. The van der Waals surface area contributed by atoms with Gasteiger partial charge in [0.05, 0.1) is 28.2 Å². The first-order valence-corrected chi connectivity index (χ1v) is 10.7. The number of rotatable bonds is 7. The lowest BCUT2D eigenvalue weighted by atomic mass is 10.0. The van der Waals surface area contributed by atoms with Gasteiger partial charge in [-0.1, -0.05) is 17.7 Å². The SMILES string of the molecule is CC(NC(=O)COC1=CC=C(c2nc(Nc3ccc4[nH]ncc4c3Cl)n(C)n2)CC1)C(F)(F)F. The lowest BCUT2D eigenvalue weighted by Crippen LogP contribution is -2.44. The van der Waals surface area contributed by atoms with Gasteiger partial charge in [0.15, 0.2) is 12.4 Å². The van der Waals surface area contributed by atoms with Crippen LogP contribution in [0.5, 0.6) is 0 Å². The molecule has 3 N–H and O–H groups in total.